The van der Waals surface area contributed by atoms with E-state index >= 15 is 0 Å². The first-order valence-electron chi connectivity index (χ1n) is 12.1. The molecule has 1 fully saturated rings. The fourth-order valence-electron chi connectivity index (χ4n) is 4.63. The summed E-state index contributed by atoms with van der Waals surface area (Å²) < 4.78 is 3.54. The van der Waals surface area contributed by atoms with Gasteiger partial charge in [0.25, 0.3) is 0 Å². The number of carbonyl (C=O) groups is 1. The minimum absolute atomic E-state index is 0.00289. The maximum absolute atomic E-state index is 12.8. The van der Waals surface area contributed by atoms with Crippen molar-refractivity contribution in [3.8, 4) is 0 Å². The van der Waals surface area contributed by atoms with Crippen LogP contribution in [0.5, 0.6) is 0 Å². The zero-order chi connectivity index (χ0) is 23.0. The molecule has 1 aromatic heterocycles. The highest BCUT2D eigenvalue weighted by molar-refractivity contribution is 5.78. The van der Waals surface area contributed by atoms with E-state index in [1.807, 2.05) is 28.8 Å². The summed E-state index contributed by atoms with van der Waals surface area (Å²) in [5.74, 6) is 0.00289. The van der Waals surface area contributed by atoms with E-state index in [0.717, 1.165) is 56.6 Å². The van der Waals surface area contributed by atoms with Crippen LogP contribution in [0, 0.1) is 0 Å². The van der Waals surface area contributed by atoms with Gasteiger partial charge >= 0.3 is 5.69 Å². The monoisotopic (exact) mass is 449 g/mol. The molecule has 0 atom stereocenters. The van der Waals surface area contributed by atoms with Gasteiger partial charge in [0.1, 0.15) is 0 Å². The van der Waals surface area contributed by atoms with Gasteiger partial charge in [-0.25, -0.2) is 4.79 Å². The number of hydrogen-bond donors (Lipinski definition) is 1. The third kappa shape index (κ3) is 5.66. The molecule has 4 rings (SSSR count). The van der Waals surface area contributed by atoms with Crippen molar-refractivity contribution in [2.75, 3.05) is 44.2 Å². The predicted octanol–water partition coefficient (Wildman–Crippen LogP) is 2.93. The van der Waals surface area contributed by atoms with Gasteiger partial charge in [0.05, 0.1) is 11.0 Å². The Morgan fingerprint density at radius 1 is 0.848 bits per heavy atom. The lowest BCUT2D eigenvalue weighted by molar-refractivity contribution is -0.121. The van der Waals surface area contributed by atoms with Crippen LogP contribution in [0.4, 0.5) is 5.69 Å². The lowest BCUT2D eigenvalue weighted by Gasteiger charge is -2.36. The van der Waals surface area contributed by atoms with E-state index in [2.05, 4.69) is 52.4 Å². The number of amides is 1. The van der Waals surface area contributed by atoms with Crippen LogP contribution in [-0.2, 0) is 17.9 Å². The third-order valence-electron chi connectivity index (χ3n) is 6.40. The Kier molecular flexibility index (Phi) is 7.83. The Hall–Kier alpha value is -3.06. The zero-order valence-electron chi connectivity index (χ0n) is 19.6. The SMILES string of the molecule is CCCn1c(=O)n(CCC(=O)NCCCN2CCN(c3ccccc3)CC2)c2ccccc21. The summed E-state index contributed by atoms with van der Waals surface area (Å²) in [6, 6.07) is 18.4. The van der Waals surface area contributed by atoms with Gasteiger partial charge in [0.2, 0.25) is 5.91 Å². The molecule has 0 bridgehead atoms. The van der Waals surface area contributed by atoms with E-state index < -0.39 is 0 Å². The smallest absolute Gasteiger partial charge is 0.329 e. The number of nitrogens with one attached hydrogen (secondary N) is 1. The third-order valence-corrected chi connectivity index (χ3v) is 6.40. The van der Waals surface area contributed by atoms with Crippen molar-refractivity contribution in [2.45, 2.75) is 39.3 Å². The number of para-hydroxylation sites is 3. The van der Waals surface area contributed by atoms with Crippen molar-refractivity contribution in [1.82, 2.24) is 19.4 Å². The Morgan fingerprint density at radius 3 is 2.15 bits per heavy atom. The number of benzene rings is 2. The number of nitrogens with zero attached hydrogens (tertiary/aromatic N) is 4. The van der Waals surface area contributed by atoms with Gasteiger partial charge < -0.3 is 10.2 Å². The lowest BCUT2D eigenvalue weighted by Crippen LogP contribution is -2.47. The van der Waals surface area contributed by atoms with E-state index in [0.29, 0.717) is 26.1 Å². The predicted molar refractivity (Wildman–Crippen MR) is 134 cm³/mol. The van der Waals surface area contributed by atoms with Gasteiger partial charge in [-0.2, -0.15) is 0 Å². The summed E-state index contributed by atoms with van der Waals surface area (Å²) >= 11 is 0. The second-order valence-corrected chi connectivity index (χ2v) is 8.69. The van der Waals surface area contributed by atoms with Crippen molar-refractivity contribution in [3.63, 3.8) is 0 Å². The van der Waals surface area contributed by atoms with Crippen LogP contribution in [0.25, 0.3) is 11.0 Å². The molecule has 33 heavy (non-hydrogen) atoms. The molecule has 0 unspecified atom stereocenters. The summed E-state index contributed by atoms with van der Waals surface area (Å²) in [5.41, 5.74) is 3.11. The summed E-state index contributed by atoms with van der Waals surface area (Å²) in [6.07, 6.45) is 2.15. The molecule has 1 aliphatic rings. The average molecular weight is 450 g/mol. The molecule has 0 aliphatic carbocycles. The largest absolute Gasteiger partial charge is 0.369 e. The molecule has 2 heterocycles. The molecular weight excluding hydrogens is 414 g/mol. The van der Waals surface area contributed by atoms with Crippen molar-refractivity contribution < 1.29 is 4.79 Å². The van der Waals surface area contributed by atoms with Crippen LogP contribution >= 0.6 is 0 Å². The van der Waals surface area contributed by atoms with Gasteiger partial charge in [0.15, 0.2) is 0 Å². The number of imidazole rings is 1. The first-order valence-corrected chi connectivity index (χ1v) is 12.1. The van der Waals surface area contributed by atoms with E-state index in [1.165, 1.54) is 5.69 Å². The van der Waals surface area contributed by atoms with E-state index in [1.54, 1.807) is 4.57 Å². The van der Waals surface area contributed by atoms with Crippen LogP contribution in [0.2, 0.25) is 0 Å². The number of fused-ring (bicyclic) bond motifs is 1. The van der Waals surface area contributed by atoms with Crippen molar-refractivity contribution >= 4 is 22.6 Å². The van der Waals surface area contributed by atoms with Crippen LogP contribution in [-0.4, -0.2) is 59.2 Å². The number of aryl methyl sites for hydroxylation is 2. The first kappa shape index (κ1) is 23.1. The molecule has 7 nitrogen and oxygen atoms in total. The minimum atomic E-state index is -0.0273. The summed E-state index contributed by atoms with van der Waals surface area (Å²) in [5, 5.41) is 3.03. The molecule has 0 spiro atoms. The molecule has 176 valence electrons. The number of carbonyl (C=O) groups excluding carboxylic acids is 1. The maximum Gasteiger partial charge on any atom is 0.329 e. The molecule has 2 aromatic carbocycles. The molecule has 3 aromatic rings. The Bertz CT molecular complexity index is 1100. The van der Waals surface area contributed by atoms with Crippen molar-refractivity contribution in [2.24, 2.45) is 0 Å². The average Bonchev–Trinajstić information content (AvgIpc) is 3.12. The van der Waals surface area contributed by atoms with E-state index in [4.69, 9.17) is 0 Å². The second kappa shape index (κ2) is 11.2. The number of rotatable bonds is 10. The molecule has 7 heteroatoms. The molecular formula is C26H35N5O2. The van der Waals surface area contributed by atoms with Crippen molar-refractivity contribution in [1.29, 1.82) is 0 Å². The molecule has 1 N–H and O–H groups in total. The Morgan fingerprint density at radius 2 is 1.48 bits per heavy atom. The number of anilines is 1. The first-order chi connectivity index (χ1) is 16.2. The standard InChI is InChI=1S/C26H35N5O2/c1-2-15-30-23-11-6-7-12-24(23)31(26(30)33)17-13-25(32)27-14-8-16-28-18-20-29(21-19-28)22-9-4-3-5-10-22/h3-7,9-12H,2,8,13-21H2,1H3,(H,27,32). The van der Waals surface area contributed by atoms with Gasteiger partial charge in [-0.3, -0.25) is 18.8 Å². The second-order valence-electron chi connectivity index (χ2n) is 8.69. The Labute approximate surface area is 195 Å². The fraction of sp³-hybridized carbons (Fsp3) is 0.462. The number of aromatic nitrogens is 2. The zero-order valence-corrected chi connectivity index (χ0v) is 19.6. The number of piperazine rings is 1. The normalized spacial score (nSPS) is 14.6. The highest BCUT2D eigenvalue weighted by Gasteiger charge is 2.17. The van der Waals surface area contributed by atoms with Crippen LogP contribution in [0.1, 0.15) is 26.2 Å². The maximum atomic E-state index is 12.8. The lowest BCUT2D eigenvalue weighted by atomic mass is 10.2. The van der Waals surface area contributed by atoms with Crippen molar-refractivity contribution in [3.05, 3.63) is 65.1 Å². The van der Waals surface area contributed by atoms with Gasteiger partial charge in [-0.05, 0) is 43.7 Å². The summed E-state index contributed by atoms with van der Waals surface area (Å²) in [6.45, 7) is 9.00. The van der Waals surface area contributed by atoms with Crippen LogP contribution < -0.4 is 15.9 Å². The van der Waals surface area contributed by atoms with Crippen LogP contribution in [0.15, 0.2) is 59.4 Å². The van der Waals surface area contributed by atoms with Gasteiger partial charge in [-0.15, -0.1) is 0 Å². The van der Waals surface area contributed by atoms with Gasteiger partial charge in [-0.1, -0.05) is 37.3 Å². The topological polar surface area (TPSA) is 62.5 Å². The summed E-state index contributed by atoms with van der Waals surface area (Å²) in [7, 11) is 0. The van der Waals surface area contributed by atoms with E-state index in [9.17, 15) is 9.59 Å². The minimum Gasteiger partial charge on any atom is -0.369 e. The highest BCUT2D eigenvalue weighted by atomic mass is 16.2. The quantitative estimate of drug-likeness (QED) is 0.484. The fourth-order valence-corrected chi connectivity index (χ4v) is 4.63. The van der Waals surface area contributed by atoms with E-state index in [-0.39, 0.29) is 11.6 Å². The van der Waals surface area contributed by atoms with Crippen LogP contribution in [0.3, 0.4) is 0 Å². The van der Waals surface area contributed by atoms with Gasteiger partial charge in [0, 0.05) is 57.9 Å². The molecule has 0 radical (unpaired) electrons. The molecule has 1 saturated heterocycles. The highest BCUT2D eigenvalue weighted by Crippen LogP contribution is 2.16. The number of hydrogen-bond acceptors (Lipinski definition) is 4. The molecule has 1 amide bonds. The Balaban J connectivity index is 1.18. The summed E-state index contributed by atoms with van der Waals surface area (Å²) in [4.78, 5) is 30.1. The molecule has 0 saturated carbocycles. The molecule has 1 aliphatic heterocycles.